The molecule has 0 aliphatic heterocycles. The van der Waals surface area contributed by atoms with Crippen LogP contribution in [0, 0.1) is 20.8 Å². The summed E-state index contributed by atoms with van der Waals surface area (Å²) in [6.45, 7) is 8.11. The van der Waals surface area contributed by atoms with Crippen molar-refractivity contribution in [1.82, 2.24) is 9.97 Å². The van der Waals surface area contributed by atoms with Crippen LogP contribution in [0.25, 0.3) is 0 Å². The minimum absolute atomic E-state index is 0.110. The van der Waals surface area contributed by atoms with Gasteiger partial charge < -0.3 is 10.3 Å². The summed E-state index contributed by atoms with van der Waals surface area (Å²) in [7, 11) is 0. The molecule has 25 heavy (non-hydrogen) atoms. The van der Waals surface area contributed by atoms with E-state index in [-0.39, 0.29) is 17.2 Å². The Morgan fingerprint density at radius 1 is 1.20 bits per heavy atom. The van der Waals surface area contributed by atoms with Crippen molar-refractivity contribution < 1.29 is 4.79 Å². The fourth-order valence-corrected chi connectivity index (χ4v) is 3.42. The normalized spacial score (nSPS) is 10.7. The van der Waals surface area contributed by atoms with Gasteiger partial charge in [0.25, 0.3) is 5.56 Å². The SMILES string of the molecule is CCCCc1cc(=O)[nH]c(SCC(=O)Nc2c(C)cc(C)cc2C)n1. The molecule has 2 N–H and O–H groups in total. The van der Waals surface area contributed by atoms with Gasteiger partial charge in [-0.25, -0.2) is 4.98 Å². The van der Waals surface area contributed by atoms with Crippen molar-refractivity contribution in [2.45, 2.75) is 52.1 Å². The monoisotopic (exact) mass is 359 g/mol. The fraction of sp³-hybridized carbons (Fsp3) is 0.421. The van der Waals surface area contributed by atoms with Crippen molar-refractivity contribution in [3.05, 3.63) is 50.9 Å². The Morgan fingerprint density at radius 3 is 2.52 bits per heavy atom. The first kappa shape index (κ1) is 19.2. The molecule has 0 radical (unpaired) electrons. The fourth-order valence-electron chi connectivity index (χ4n) is 2.72. The van der Waals surface area contributed by atoms with Crippen LogP contribution in [0.1, 0.15) is 42.1 Å². The van der Waals surface area contributed by atoms with Crippen molar-refractivity contribution in [3.8, 4) is 0 Å². The number of amides is 1. The number of unbranched alkanes of at least 4 members (excludes halogenated alkanes) is 1. The second kappa shape index (κ2) is 8.85. The van der Waals surface area contributed by atoms with Gasteiger partial charge in [-0.05, 0) is 44.7 Å². The molecule has 0 unspecified atom stereocenters. The number of nitrogens with zero attached hydrogens (tertiary/aromatic N) is 1. The zero-order valence-electron chi connectivity index (χ0n) is 15.2. The van der Waals surface area contributed by atoms with Gasteiger partial charge in [-0.2, -0.15) is 0 Å². The molecule has 0 bridgehead atoms. The Bertz CT molecular complexity index is 792. The third kappa shape index (κ3) is 5.74. The third-order valence-corrected chi connectivity index (χ3v) is 4.71. The van der Waals surface area contributed by atoms with Crippen LogP contribution in [-0.4, -0.2) is 21.6 Å². The van der Waals surface area contributed by atoms with Gasteiger partial charge in [0, 0.05) is 17.4 Å². The summed E-state index contributed by atoms with van der Waals surface area (Å²) in [6.07, 6.45) is 2.82. The van der Waals surface area contributed by atoms with Crippen molar-refractivity contribution >= 4 is 23.4 Å². The van der Waals surface area contributed by atoms with Crippen LogP contribution in [0.5, 0.6) is 0 Å². The van der Waals surface area contributed by atoms with Crippen LogP contribution in [0.4, 0.5) is 5.69 Å². The largest absolute Gasteiger partial charge is 0.325 e. The molecule has 2 rings (SSSR count). The number of anilines is 1. The van der Waals surface area contributed by atoms with E-state index < -0.39 is 0 Å². The molecule has 0 aliphatic carbocycles. The topological polar surface area (TPSA) is 74.8 Å². The Morgan fingerprint density at radius 2 is 1.88 bits per heavy atom. The summed E-state index contributed by atoms with van der Waals surface area (Å²) in [5, 5.41) is 3.45. The van der Waals surface area contributed by atoms with Crippen LogP contribution < -0.4 is 10.9 Å². The second-order valence-corrected chi connectivity index (χ2v) is 7.22. The van der Waals surface area contributed by atoms with E-state index in [1.807, 2.05) is 32.9 Å². The average molecular weight is 359 g/mol. The Labute approximate surface area is 152 Å². The van der Waals surface area contributed by atoms with Gasteiger partial charge in [-0.1, -0.05) is 42.8 Å². The van der Waals surface area contributed by atoms with E-state index in [0.29, 0.717) is 5.16 Å². The molecule has 0 spiro atoms. The molecule has 0 saturated carbocycles. The van der Waals surface area contributed by atoms with Crippen molar-refractivity contribution in [1.29, 1.82) is 0 Å². The Balaban J connectivity index is 2.01. The minimum Gasteiger partial charge on any atom is -0.325 e. The molecule has 0 saturated heterocycles. The summed E-state index contributed by atoms with van der Waals surface area (Å²) < 4.78 is 0. The van der Waals surface area contributed by atoms with E-state index in [2.05, 4.69) is 22.2 Å². The van der Waals surface area contributed by atoms with Crippen molar-refractivity contribution in [2.75, 3.05) is 11.1 Å². The molecule has 1 heterocycles. The molecule has 2 aromatic rings. The molecule has 6 heteroatoms. The smallest absolute Gasteiger partial charge is 0.251 e. The number of aromatic amines is 1. The van der Waals surface area contributed by atoms with E-state index in [0.717, 1.165) is 41.8 Å². The summed E-state index contributed by atoms with van der Waals surface area (Å²) >= 11 is 1.25. The number of hydrogen-bond acceptors (Lipinski definition) is 4. The van der Waals surface area contributed by atoms with Crippen LogP contribution in [0.3, 0.4) is 0 Å². The second-order valence-electron chi connectivity index (χ2n) is 6.26. The zero-order chi connectivity index (χ0) is 18.4. The highest BCUT2D eigenvalue weighted by Crippen LogP contribution is 2.22. The molecular weight excluding hydrogens is 334 g/mol. The lowest BCUT2D eigenvalue weighted by molar-refractivity contribution is -0.113. The number of thioether (sulfide) groups is 1. The first-order valence-electron chi connectivity index (χ1n) is 8.49. The lowest BCUT2D eigenvalue weighted by Crippen LogP contribution is -2.17. The number of H-pyrrole nitrogens is 1. The molecular formula is C19H25N3O2S. The molecule has 1 aromatic heterocycles. The number of benzene rings is 1. The molecule has 1 amide bonds. The average Bonchev–Trinajstić information content (AvgIpc) is 2.54. The van der Waals surface area contributed by atoms with E-state index in [4.69, 9.17) is 0 Å². The molecule has 0 atom stereocenters. The van der Waals surface area contributed by atoms with E-state index in [9.17, 15) is 9.59 Å². The highest BCUT2D eigenvalue weighted by atomic mass is 32.2. The highest BCUT2D eigenvalue weighted by Gasteiger charge is 2.10. The number of aromatic nitrogens is 2. The predicted molar refractivity (Wildman–Crippen MR) is 103 cm³/mol. The van der Waals surface area contributed by atoms with Gasteiger partial charge in [0.2, 0.25) is 5.91 Å². The molecule has 0 aliphatic rings. The number of nitrogens with one attached hydrogen (secondary N) is 2. The Kier molecular flexibility index (Phi) is 6.82. The summed E-state index contributed by atoms with van der Waals surface area (Å²) in [5.41, 5.74) is 4.73. The number of hydrogen-bond donors (Lipinski definition) is 2. The van der Waals surface area contributed by atoms with Crippen molar-refractivity contribution in [2.24, 2.45) is 0 Å². The first-order chi connectivity index (χ1) is 11.9. The minimum atomic E-state index is -0.172. The van der Waals surface area contributed by atoms with Gasteiger partial charge in [-0.3, -0.25) is 9.59 Å². The van der Waals surface area contributed by atoms with Crippen LogP contribution in [-0.2, 0) is 11.2 Å². The molecule has 5 nitrogen and oxygen atoms in total. The quantitative estimate of drug-likeness (QED) is 0.583. The van der Waals surface area contributed by atoms with Gasteiger partial charge in [-0.15, -0.1) is 0 Å². The maximum atomic E-state index is 12.3. The van der Waals surface area contributed by atoms with Gasteiger partial charge >= 0.3 is 0 Å². The Hall–Kier alpha value is -2.08. The number of carbonyl (C=O) groups is 1. The van der Waals surface area contributed by atoms with E-state index in [1.54, 1.807) is 0 Å². The van der Waals surface area contributed by atoms with Gasteiger partial charge in [0.15, 0.2) is 5.16 Å². The van der Waals surface area contributed by atoms with Gasteiger partial charge in [0.05, 0.1) is 5.75 Å². The first-order valence-corrected chi connectivity index (χ1v) is 9.48. The number of aryl methyl sites for hydroxylation is 4. The van der Waals surface area contributed by atoms with Gasteiger partial charge in [0.1, 0.15) is 0 Å². The van der Waals surface area contributed by atoms with E-state index in [1.165, 1.54) is 23.4 Å². The lowest BCUT2D eigenvalue weighted by Gasteiger charge is -2.12. The molecule has 0 fully saturated rings. The summed E-state index contributed by atoms with van der Waals surface area (Å²) in [5.74, 6) is 0.0917. The van der Waals surface area contributed by atoms with Crippen LogP contribution in [0.2, 0.25) is 0 Å². The maximum Gasteiger partial charge on any atom is 0.251 e. The van der Waals surface area contributed by atoms with Crippen LogP contribution >= 0.6 is 11.8 Å². The highest BCUT2D eigenvalue weighted by molar-refractivity contribution is 7.99. The lowest BCUT2D eigenvalue weighted by atomic mass is 10.1. The standard InChI is InChI=1S/C19H25N3O2S/c1-5-6-7-15-10-16(23)22-19(20-15)25-11-17(24)21-18-13(3)8-12(2)9-14(18)4/h8-10H,5-7,11H2,1-4H3,(H,21,24)(H,20,22,23). The zero-order valence-corrected chi connectivity index (χ0v) is 16.0. The molecule has 1 aromatic carbocycles. The predicted octanol–water partition coefficient (Wildman–Crippen LogP) is 3.77. The van der Waals surface area contributed by atoms with Crippen molar-refractivity contribution in [3.63, 3.8) is 0 Å². The van der Waals surface area contributed by atoms with Crippen LogP contribution in [0.15, 0.2) is 28.2 Å². The van der Waals surface area contributed by atoms with E-state index >= 15 is 0 Å². The third-order valence-electron chi connectivity index (χ3n) is 3.84. The summed E-state index contributed by atoms with van der Waals surface area (Å²) in [4.78, 5) is 31.1. The number of rotatable bonds is 7. The molecule has 134 valence electrons. The summed E-state index contributed by atoms with van der Waals surface area (Å²) in [6, 6.07) is 5.62. The number of carbonyl (C=O) groups excluding carboxylic acids is 1. The maximum absolute atomic E-state index is 12.3.